The van der Waals surface area contributed by atoms with Crippen molar-refractivity contribution in [3.63, 3.8) is 0 Å². The molecule has 2 aromatic rings. The minimum Gasteiger partial charge on any atom is -0.497 e. The van der Waals surface area contributed by atoms with Gasteiger partial charge in [0.25, 0.3) is 11.1 Å². The number of carbonyl (C=O) groups excluding carboxylic acids is 2. The van der Waals surface area contributed by atoms with Gasteiger partial charge in [-0.15, -0.1) is 0 Å². The Hall–Kier alpha value is -3.00. The van der Waals surface area contributed by atoms with Crippen LogP contribution in [-0.2, 0) is 9.59 Å². The Kier molecular flexibility index (Phi) is 4.62. The van der Waals surface area contributed by atoms with Gasteiger partial charge in [0.05, 0.1) is 12.0 Å². The SMILES string of the molecule is COc1ccc(-n2cccc2/C=C2\SC(=O)N(CC(=O)O)C2=O)cc1. The lowest BCUT2D eigenvalue weighted by Crippen LogP contribution is -2.33. The molecule has 1 aromatic heterocycles. The van der Waals surface area contributed by atoms with Crippen LogP contribution in [0, 0.1) is 0 Å². The third-order valence-electron chi connectivity index (χ3n) is 3.58. The van der Waals surface area contributed by atoms with Gasteiger partial charge >= 0.3 is 5.97 Å². The molecule has 1 aliphatic rings. The fourth-order valence-corrected chi connectivity index (χ4v) is 3.22. The van der Waals surface area contributed by atoms with Gasteiger partial charge in [0.2, 0.25) is 0 Å². The predicted molar refractivity (Wildman–Crippen MR) is 92.6 cm³/mol. The minimum atomic E-state index is -1.23. The van der Waals surface area contributed by atoms with Crippen LogP contribution in [0.15, 0.2) is 47.5 Å². The summed E-state index contributed by atoms with van der Waals surface area (Å²) in [7, 11) is 1.59. The summed E-state index contributed by atoms with van der Waals surface area (Å²) in [6, 6.07) is 11.0. The number of carbonyl (C=O) groups is 3. The molecule has 2 amide bonds. The molecule has 0 atom stereocenters. The molecule has 0 bridgehead atoms. The quantitative estimate of drug-likeness (QED) is 0.827. The molecule has 1 fully saturated rings. The highest BCUT2D eigenvalue weighted by Gasteiger charge is 2.36. The molecule has 0 unspecified atom stereocenters. The summed E-state index contributed by atoms with van der Waals surface area (Å²) < 4.78 is 6.99. The van der Waals surface area contributed by atoms with Gasteiger partial charge in [-0.3, -0.25) is 19.3 Å². The Morgan fingerprint density at radius 1 is 1.24 bits per heavy atom. The van der Waals surface area contributed by atoms with Gasteiger partial charge in [-0.05, 0) is 54.2 Å². The number of rotatable bonds is 5. The van der Waals surface area contributed by atoms with Crippen molar-refractivity contribution in [2.45, 2.75) is 0 Å². The normalized spacial score (nSPS) is 15.9. The van der Waals surface area contributed by atoms with Crippen LogP contribution in [0.2, 0.25) is 0 Å². The zero-order valence-corrected chi connectivity index (χ0v) is 14.0. The smallest absolute Gasteiger partial charge is 0.323 e. The first kappa shape index (κ1) is 16.8. The van der Waals surface area contributed by atoms with Gasteiger partial charge in [-0.1, -0.05) is 0 Å². The van der Waals surface area contributed by atoms with E-state index in [9.17, 15) is 14.4 Å². The third-order valence-corrected chi connectivity index (χ3v) is 4.48. The minimum absolute atomic E-state index is 0.194. The highest BCUT2D eigenvalue weighted by atomic mass is 32.2. The highest BCUT2D eigenvalue weighted by Crippen LogP contribution is 2.32. The molecule has 0 saturated carbocycles. The van der Waals surface area contributed by atoms with Gasteiger partial charge in [0, 0.05) is 17.6 Å². The lowest BCUT2D eigenvalue weighted by Gasteiger charge is -2.09. The van der Waals surface area contributed by atoms with Crippen molar-refractivity contribution in [1.29, 1.82) is 0 Å². The highest BCUT2D eigenvalue weighted by molar-refractivity contribution is 8.18. The van der Waals surface area contributed by atoms with Gasteiger partial charge in [-0.2, -0.15) is 0 Å². The molecular weight excluding hydrogens is 344 g/mol. The van der Waals surface area contributed by atoms with Crippen LogP contribution >= 0.6 is 11.8 Å². The molecule has 128 valence electrons. The van der Waals surface area contributed by atoms with Gasteiger partial charge in [0.15, 0.2) is 0 Å². The number of aromatic nitrogens is 1. The second kappa shape index (κ2) is 6.86. The van der Waals surface area contributed by atoms with Gasteiger partial charge in [-0.25, -0.2) is 0 Å². The number of carboxylic acids is 1. The maximum Gasteiger partial charge on any atom is 0.323 e. The van der Waals surface area contributed by atoms with E-state index >= 15 is 0 Å². The number of amides is 2. The van der Waals surface area contributed by atoms with E-state index in [0.29, 0.717) is 5.69 Å². The van der Waals surface area contributed by atoms with Crippen LogP contribution in [0.3, 0.4) is 0 Å². The van der Waals surface area contributed by atoms with Crippen LogP contribution in [0.5, 0.6) is 5.75 Å². The molecule has 0 radical (unpaired) electrons. The summed E-state index contributed by atoms with van der Waals surface area (Å²) >= 11 is 0.734. The van der Waals surface area contributed by atoms with E-state index in [1.807, 2.05) is 41.1 Å². The molecule has 3 rings (SSSR count). The Bertz CT molecular complexity index is 869. The largest absolute Gasteiger partial charge is 0.497 e. The second-order valence-electron chi connectivity index (χ2n) is 5.16. The van der Waals surface area contributed by atoms with E-state index < -0.39 is 23.7 Å². The van der Waals surface area contributed by atoms with Crippen molar-refractivity contribution in [3.8, 4) is 11.4 Å². The van der Waals surface area contributed by atoms with Crippen LogP contribution in [0.25, 0.3) is 11.8 Å². The number of hydrogen-bond donors (Lipinski definition) is 1. The number of carboxylic acid groups (broad SMARTS) is 1. The topological polar surface area (TPSA) is 88.8 Å². The number of hydrogen-bond acceptors (Lipinski definition) is 5. The Morgan fingerprint density at radius 2 is 1.96 bits per heavy atom. The van der Waals surface area contributed by atoms with Crippen LogP contribution < -0.4 is 4.74 Å². The summed E-state index contributed by atoms with van der Waals surface area (Å²) in [5, 5.41) is 8.22. The summed E-state index contributed by atoms with van der Waals surface area (Å²) in [6.07, 6.45) is 3.41. The number of ether oxygens (including phenoxy) is 1. The monoisotopic (exact) mass is 358 g/mol. The van der Waals surface area contributed by atoms with Crippen molar-refractivity contribution in [3.05, 3.63) is 53.2 Å². The fourth-order valence-electron chi connectivity index (χ4n) is 2.40. The second-order valence-corrected chi connectivity index (χ2v) is 6.16. The van der Waals surface area contributed by atoms with E-state index in [2.05, 4.69) is 0 Å². The lowest BCUT2D eigenvalue weighted by atomic mass is 10.3. The predicted octanol–water partition coefficient (Wildman–Crippen LogP) is 2.61. The maximum atomic E-state index is 12.2. The summed E-state index contributed by atoms with van der Waals surface area (Å²) in [5.74, 6) is -1.10. The Labute approximate surface area is 147 Å². The first-order valence-electron chi connectivity index (χ1n) is 7.28. The van der Waals surface area contributed by atoms with Crippen molar-refractivity contribution in [2.75, 3.05) is 13.7 Å². The number of aliphatic carboxylic acids is 1. The van der Waals surface area contributed by atoms with E-state index in [0.717, 1.165) is 28.1 Å². The average molecular weight is 358 g/mol. The molecule has 1 N–H and O–H groups in total. The number of imide groups is 1. The average Bonchev–Trinajstić information content (AvgIpc) is 3.15. The molecule has 1 aliphatic heterocycles. The zero-order chi connectivity index (χ0) is 18.0. The molecule has 7 nitrogen and oxygen atoms in total. The van der Waals surface area contributed by atoms with E-state index in [1.165, 1.54) is 0 Å². The van der Waals surface area contributed by atoms with Crippen molar-refractivity contribution in [2.24, 2.45) is 0 Å². The Balaban J connectivity index is 1.90. The van der Waals surface area contributed by atoms with E-state index in [1.54, 1.807) is 19.3 Å². The number of nitrogens with zero attached hydrogens (tertiary/aromatic N) is 2. The number of methoxy groups -OCH3 is 1. The van der Waals surface area contributed by atoms with E-state index in [4.69, 9.17) is 9.84 Å². The standard InChI is InChI=1S/C17H14N2O5S/c1-24-13-6-4-11(5-7-13)18-8-2-3-12(18)9-14-16(22)19(10-15(20)21)17(23)25-14/h2-9H,10H2,1H3,(H,20,21)/b14-9-. The zero-order valence-electron chi connectivity index (χ0n) is 13.2. The van der Waals surface area contributed by atoms with Crippen molar-refractivity contribution in [1.82, 2.24) is 9.47 Å². The molecule has 0 spiro atoms. The molecule has 25 heavy (non-hydrogen) atoms. The van der Waals surface area contributed by atoms with E-state index in [-0.39, 0.29) is 4.91 Å². The van der Waals surface area contributed by atoms with Crippen LogP contribution in [-0.4, -0.2) is 45.3 Å². The van der Waals surface area contributed by atoms with Crippen LogP contribution in [0.4, 0.5) is 4.79 Å². The molecule has 8 heteroatoms. The fraction of sp³-hybridized carbons (Fsp3) is 0.118. The summed E-state index contributed by atoms with van der Waals surface area (Å²) in [5.41, 5.74) is 1.56. The molecule has 0 aliphatic carbocycles. The molecule has 1 saturated heterocycles. The molecule has 2 heterocycles. The summed E-state index contributed by atoms with van der Waals surface area (Å²) in [4.78, 5) is 35.8. The van der Waals surface area contributed by atoms with Gasteiger partial charge in [0.1, 0.15) is 12.3 Å². The van der Waals surface area contributed by atoms with Crippen LogP contribution in [0.1, 0.15) is 5.69 Å². The third kappa shape index (κ3) is 3.43. The lowest BCUT2D eigenvalue weighted by molar-refractivity contribution is -0.140. The molecule has 1 aromatic carbocycles. The van der Waals surface area contributed by atoms with Crippen molar-refractivity contribution < 1.29 is 24.2 Å². The summed E-state index contributed by atoms with van der Waals surface area (Å²) in [6.45, 7) is -0.637. The molecular formula is C17H14N2O5S. The number of thioether (sulfide) groups is 1. The Morgan fingerprint density at radius 3 is 2.60 bits per heavy atom. The first-order chi connectivity index (χ1) is 12.0. The van der Waals surface area contributed by atoms with Crippen molar-refractivity contribution >= 4 is 35.0 Å². The maximum absolute atomic E-state index is 12.2. The van der Waals surface area contributed by atoms with Gasteiger partial charge < -0.3 is 14.4 Å². The number of benzene rings is 1. The first-order valence-corrected chi connectivity index (χ1v) is 8.10.